The molecule has 0 aliphatic rings. The summed E-state index contributed by atoms with van der Waals surface area (Å²) in [6.45, 7) is 1.90. The van der Waals surface area contributed by atoms with E-state index in [1.807, 2.05) is 37.3 Å². The van der Waals surface area contributed by atoms with Crippen molar-refractivity contribution in [3.8, 4) is 16.8 Å². The molecule has 4 aromatic heterocycles. The van der Waals surface area contributed by atoms with Crippen molar-refractivity contribution in [2.24, 2.45) is 0 Å². The first kappa shape index (κ1) is 24.4. The van der Waals surface area contributed by atoms with Crippen LogP contribution in [0.3, 0.4) is 0 Å². The van der Waals surface area contributed by atoms with Crippen molar-refractivity contribution in [3.63, 3.8) is 0 Å². The lowest BCUT2D eigenvalue weighted by molar-refractivity contribution is 0.607. The van der Waals surface area contributed by atoms with Crippen LogP contribution in [-0.2, 0) is 10.0 Å². The quantitative estimate of drug-likeness (QED) is 0.281. The van der Waals surface area contributed by atoms with E-state index in [9.17, 15) is 13.2 Å². The summed E-state index contributed by atoms with van der Waals surface area (Å²) in [6, 6.07) is 20.4. The molecule has 6 rings (SSSR count). The van der Waals surface area contributed by atoms with Gasteiger partial charge in [0.2, 0.25) is 10.0 Å². The van der Waals surface area contributed by atoms with Crippen molar-refractivity contribution in [1.29, 1.82) is 0 Å². The van der Waals surface area contributed by atoms with E-state index in [1.54, 1.807) is 51.8 Å². The van der Waals surface area contributed by atoms with E-state index in [4.69, 9.17) is 5.10 Å². The highest BCUT2D eigenvalue weighted by molar-refractivity contribution is 7.92. The van der Waals surface area contributed by atoms with Gasteiger partial charge in [-0.05, 0) is 61.0 Å². The van der Waals surface area contributed by atoms with Gasteiger partial charge in [0.05, 0.1) is 23.4 Å². The third-order valence-corrected chi connectivity index (χ3v) is 6.82. The molecule has 1 radical (unpaired) electrons. The second-order valence-electron chi connectivity index (χ2n) is 9.07. The Morgan fingerprint density at radius 1 is 1.08 bits per heavy atom. The zero-order valence-corrected chi connectivity index (χ0v) is 21.8. The predicted molar refractivity (Wildman–Crippen MR) is 149 cm³/mol. The zero-order valence-electron chi connectivity index (χ0n) is 21.0. The first-order valence-electron chi connectivity index (χ1n) is 12.0. The maximum absolute atomic E-state index is 13.5. The zero-order chi connectivity index (χ0) is 27.1. The third kappa shape index (κ3) is 4.61. The number of aromatic amines is 1. The Hall–Kier alpha value is -4.97. The lowest BCUT2D eigenvalue weighted by Crippen LogP contribution is -2.29. The van der Waals surface area contributed by atoms with E-state index < -0.39 is 16.1 Å². The van der Waals surface area contributed by atoms with Crippen LogP contribution in [-0.4, -0.2) is 43.8 Å². The normalized spacial score (nSPS) is 12.6. The number of para-hydroxylation sites is 1. The van der Waals surface area contributed by atoms with E-state index in [1.165, 1.54) is 6.33 Å². The number of fused-ring (bicyclic) bond motifs is 2. The van der Waals surface area contributed by atoms with Crippen LogP contribution in [0.15, 0.2) is 84.2 Å². The lowest BCUT2D eigenvalue weighted by Gasteiger charge is -2.20. The molecule has 12 heteroatoms. The van der Waals surface area contributed by atoms with Gasteiger partial charge in [0.15, 0.2) is 5.82 Å². The van der Waals surface area contributed by atoms with Crippen molar-refractivity contribution in [3.05, 3.63) is 102 Å². The highest BCUT2D eigenvalue weighted by atomic mass is 32.2. The minimum Gasteiger partial charge on any atom is -0.360 e. The highest BCUT2D eigenvalue weighted by Crippen LogP contribution is 2.34. The van der Waals surface area contributed by atoms with Crippen LogP contribution in [0.4, 0.5) is 11.5 Å². The fraction of sp³-hybridized carbons (Fsp3) is 0.111. The molecule has 11 nitrogen and oxygen atoms in total. The Kier molecular flexibility index (Phi) is 5.88. The first-order chi connectivity index (χ1) is 18.8. The number of anilines is 2. The fourth-order valence-electron chi connectivity index (χ4n) is 4.58. The second-order valence-corrected chi connectivity index (χ2v) is 10.8. The molecule has 0 bridgehead atoms. The fourth-order valence-corrected chi connectivity index (χ4v) is 5.13. The summed E-state index contributed by atoms with van der Waals surface area (Å²) in [5.74, 6) is 1.01. The van der Waals surface area contributed by atoms with Crippen LogP contribution in [0, 0.1) is 6.07 Å². The Morgan fingerprint density at radius 3 is 2.69 bits per heavy atom. The van der Waals surface area contributed by atoms with Gasteiger partial charge >= 0.3 is 0 Å². The van der Waals surface area contributed by atoms with Crippen LogP contribution >= 0.6 is 0 Å². The summed E-state index contributed by atoms with van der Waals surface area (Å²) in [5.41, 5.74) is 3.42. The molecule has 0 aliphatic carbocycles. The van der Waals surface area contributed by atoms with Gasteiger partial charge in [0.1, 0.15) is 23.3 Å². The predicted octanol–water partition coefficient (Wildman–Crippen LogP) is 3.77. The van der Waals surface area contributed by atoms with Crippen LogP contribution < -0.4 is 15.6 Å². The van der Waals surface area contributed by atoms with Gasteiger partial charge in [-0.3, -0.25) is 14.1 Å². The van der Waals surface area contributed by atoms with Gasteiger partial charge in [-0.2, -0.15) is 5.10 Å². The number of nitrogens with zero attached hydrogens (tertiary/aromatic N) is 5. The smallest absolute Gasteiger partial charge is 0.282 e. The molecule has 0 spiro atoms. The van der Waals surface area contributed by atoms with E-state index >= 15 is 0 Å². The summed E-state index contributed by atoms with van der Waals surface area (Å²) in [5, 5.41) is 8.87. The Balaban J connectivity index is 1.45. The average molecular weight is 540 g/mol. The molecular weight excluding hydrogens is 516 g/mol. The molecule has 0 fully saturated rings. The Bertz CT molecular complexity index is 1990. The van der Waals surface area contributed by atoms with E-state index in [-0.39, 0.29) is 5.56 Å². The monoisotopic (exact) mass is 539 g/mol. The largest absolute Gasteiger partial charge is 0.360 e. The van der Waals surface area contributed by atoms with Gasteiger partial charge < -0.3 is 10.3 Å². The third-order valence-electron chi connectivity index (χ3n) is 6.22. The molecule has 2 aromatic carbocycles. The number of sulfonamides is 1. The average Bonchev–Trinajstić information content (AvgIpc) is 3.56. The maximum Gasteiger partial charge on any atom is 0.282 e. The topological polar surface area (TPSA) is 139 Å². The van der Waals surface area contributed by atoms with Crippen LogP contribution in [0.5, 0.6) is 0 Å². The van der Waals surface area contributed by atoms with Gasteiger partial charge in [-0.25, -0.2) is 22.9 Å². The maximum atomic E-state index is 13.5. The first-order valence-corrected chi connectivity index (χ1v) is 13.9. The number of nitrogens with one attached hydrogen (secondary N) is 3. The van der Waals surface area contributed by atoms with Crippen molar-refractivity contribution in [1.82, 2.24) is 29.1 Å². The van der Waals surface area contributed by atoms with Crippen molar-refractivity contribution in [2.75, 3.05) is 16.3 Å². The molecular formula is C27H23N8O3S. The summed E-state index contributed by atoms with van der Waals surface area (Å²) in [4.78, 5) is 25.5. The Morgan fingerprint density at radius 2 is 1.90 bits per heavy atom. The van der Waals surface area contributed by atoms with E-state index in [0.717, 1.165) is 11.8 Å². The molecule has 0 saturated carbocycles. The summed E-state index contributed by atoms with van der Waals surface area (Å²) < 4.78 is 29.1. The van der Waals surface area contributed by atoms with Crippen LogP contribution in [0.2, 0.25) is 0 Å². The molecule has 6 aromatic rings. The molecule has 1 atom stereocenters. The number of hydrogen-bond donors (Lipinski definition) is 3. The van der Waals surface area contributed by atoms with E-state index in [2.05, 4.69) is 31.1 Å². The van der Waals surface area contributed by atoms with Gasteiger partial charge in [0, 0.05) is 23.6 Å². The molecule has 39 heavy (non-hydrogen) atoms. The van der Waals surface area contributed by atoms with Crippen molar-refractivity contribution in [2.45, 2.75) is 13.0 Å². The molecule has 0 unspecified atom stereocenters. The SMILES string of the molecule is C[C@H](Nc1ncnc2[nH]cc(-c3c[c]cc(NS(C)(=O)=O)c3)c12)c1nn2cccc2c(=O)n1-c1ccccc1. The molecule has 195 valence electrons. The summed E-state index contributed by atoms with van der Waals surface area (Å²) in [6.07, 6.45) is 6.06. The summed E-state index contributed by atoms with van der Waals surface area (Å²) >= 11 is 0. The standard InChI is InChI=1S/C27H23N8O3S/c1-17(26-32-34-13-7-12-22(34)27(36)35(26)20-10-4-3-5-11-20)31-25-23-21(15-28-24(23)29-16-30-25)18-8-6-9-19(14-18)33-39(2,37)38/h3-5,7-17,33H,1-2H3,(H2,28,29,30,31)/t17-/m0/s1. The van der Waals surface area contributed by atoms with Crippen molar-refractivity contribution < 1.29 is 8.42 Å². The van der Waals surface area contributed by atoms with Crippen LogP contribution in [0.1, 0.15) is 18.8 Å². The van der Waals surface area contributed by atoms with Crippen molar-refractivity contribution >= 4 is 38.1 Å². The lowest BCUT2D eigenvalue weighted by atomic mass is 10.1. The molecule has 4 heterocycles. The molecule has 0 amide bonds. The number of H-pyrrole nitrogens is 1. The summed E-state index contributed by atoms with van der Waals surface area (Å²) in [7, 11) is -3.45. The molecule has 3 N–H and O–H groups in total. The minimum atomic E-state index is -3.45. The molecule has 0 aliphatic heterocycles. The van der Waals surface area contributed by atoms with Crippen LogP contribution in [0.25, 0.3) is 33.4 Å². The van der Waals surface area contributed by atoms with Gasteiger partial charge in [-0.15, -0.1) is 0 Å². The second kappa shape index (κ2) is 9.40. The highest BCUT2D eigenvalue weighted by Gasteiger charge is 2.21. The van der Waals surface area contributed by atoms with E-state index in [0.29, 0.717) is 45.1 Å². The number of aromatic nitrogens is 6. The minimum absolute atomic E-state index is 0.189. The number of hydrogen-bond acceptors (Lipinski definition) is 7. The number of benzene rings is 2. The van der Waals surface area contributed by atoms with Gasteiger partial charge in [0.25, 0.3) is 5.56 Å². The molecule has 0 saturated heterocycles. The Labute approximate surface area is 223 Å². The van der Waals surface area contributed by atoms with Gasteiger partial charge in [-0.1, -0.05) is 18.2 Å². The number of rotatable bonds is 7.